The third-order valence-electron chi connectivity index (χ3n) is 2.06. The zero-order valence-electron chi connectivity index (χ0n) is 7.56. The average molecular weight is 274 g/mol. The number of amides is 1. The quantitative estimate of drug-likeness (QED) is 0.793. The Kier molecular flexibility index (Phi) is 2.22. The minimum absolute atomic E-state index is 0.0608. The lowest BCUT2D eigenvalue weighted by Crippen LogP contribution is -2.13. The molecule has 0 fully saturated rings. The zero-order valence-corrected chi connectivity index (χ0v) is 9.14. The van der Waals surface area contributed by atoms with E-state index in [0.29, 0.717) is 4.47 Å². The fourth-order valence-electron chi connectivity index (χ4n) is 1.42. The summed E-state index contributed by atoms with van der Waals surface area (Å²) in [5.74, 6) is -2.47. The van der Waals surface area contributed by atoms with E-state index in [0.717, 1.165) is 6.07 Å². The van der Waals surface area contributed by atoms with Gasteiger partial charge in [-0.05, 0) is 22.0 Å². The number of nitrogens with one attached hydrogen (secondary N) is 1. The normalized spacial score (nSPS) is 13.8. The molecule has 6 heteroatoms. The number of carbonyl (C=O) groups excluding carboxylic acids is 2. The summed E-state index contributed by atoms with van der Waals surface area (Å²) in [6, 6.07) is 1.14. The number of hydrogen-bond donors (Lipinski definition) is 1. The molecule has 78 valence electrons. The van der Waals surface area contributed by atoms with Gasteiger partial charge in [-0.2, -0.15) is 0 Å². The molecule has 0 aliphatic carbocycles. The number of halogens is 2. The highest BCUT2D eigenvalue weighted by molar-refractivity contribution is 9.10. The van der Waals surface area contributed by atoms with Crippen LogP contribution in [0.3, 0.4) is 0 Å². The van der Waals surface area contributed by atoms with E-state index in [2.05, 4.69) is 21.2 Å². The fourth-order valence-corrected chi connectivity index (χ4v) is 1.92. The van der Waals surface area contributed by atoms with Crippen LogP contribution in [-0.4, -0.2) is 18.8 Å². The standard InChI is InChI=1S/C9H5BrFNO3/c1-15-8-4(11)2-3(10)6-5(8)7(13)9(14)12-6/h2H,1H3,(H,12,13,14). The highest BCUT2D eigenvalue weighted by Crippen LogP contribution is 2.39. The Bertz CT molecular complexity index is 487. The molecule has 1 aromatic carbocycles. The Balaban J connectivity index is 2.78. The Morgan fingerprint density at radius 3 is 2.73 bits per heavy atom. The molecule has 0 aromatic heterocycles. The van der Waals surface area contributed by atoms with E-state index in [1.807, 2.05) is 0 Å². The first-order chi connectivity index (χ1) is 7.06. The van der Waals surface area contributed by atoms with Crippen molar-refractivity contribution < 1.29 is 18.7 Å². The van der Waals surface area contributed by atoms with Crippen molar-refractivity contribution in [3.05, 3.63) is 21.9 Å². The lowest BCUT2D eigenvalue weighted by Gasteiger charge is -2.07. The third kappa shape index (κ3) is 1.32. The van der Waals surface area contributed by atoms with E-state index >= 15 is 0 Å². The Labute approximate surface area is 92.5 Å². The van der Waals surface area contributed by atoms with E-state index in [4.69, 9.17) is 4.74 Å². The minimum atomic E-state index is -0.790. The van der Waals surface area contributed by atoms with Gasteiger partial charge >= 0.3 is 0 Å². The summed E-state index contributed by atoms with van der Waals surface area (Å²) in [6.07, 6.45) is 0. The van der Waals surface area contributed by atoms with Crippen LogP contribution in [-0.2, 0) is 4.79 Å². The SMILES string of the molecule is COc1c(F)cc(Br)c2c1C(=O)C(=O)N2. The molecule has 0 spiro atoms. The Morgan fingerprint density at radius 2 is 2.13 bits per heavy atom. The van der Waals surface area contributed by atoms with Crippen molar-refractivity contribution in [1.29, 1.82) is 0 Å². The number of methoxy groups -OCH3 is 1. The minimum Gasteiger partial charge on any atom is -0.493 e. The maximum Gasteiger partial charge on any atom is 0.297 e. The van der Waals surface area contributed by atoms with Crippen molar-refractivity contribution in [3.8, 4) is 5.75 Å². The van der Waals surface area contributed by atoms with Crippen LogP contribution in [0.2, 0.25) is 0 Å². The number of benzene rings is 1. The molecule has 0 bridgehead atoms. The number of ketones is 1. The van der Waals surface area contributed by atoms with E-state index in [9.17, 15) is 14.0 Å². The van der Waals surface area contributed by atoms with Gasteiger partial charge in [0, 0.05) is 4.47 Å². The van der Waals surface area contributed by atoms with Crippen molar-refractivity contribution in [2.75, 3.05) is 12.4 Å². The number of Topliss-reactive ketones (excluding diaryl/α,β-unsaturated/α-hetero) is 1. The predicted molar refractivity (Wildman–Crippen MR) is 53.6 cm³/mol. The summed E-state index contributed by atoms with van der Waals surface area (Å²) in [7, 11) is 1.24. The molecular formula is C9H5BrFNO3. The largest absolute Gasteiger partial charge is 0.493 e. The molecule has 1 aliphatic heterocycles. The van der Waals surface area contributed by atoms with Gasteiger partial charge in [0.2, 0.25) is 0 Å². The molecule has 2 rings (SSSR count). The number of fused-ring (bicyclic) bond motifs is 1. The summed E-state index contributed by atoms with van der Waals surface area (Å²) in [6.45, 7) is 0. The third-order valence-corrected chi connectivity index (χ3v) is 2.69. The van der Waals surface area contributed by atoms with Gasteiger partial charge in [-0.15, -0.1) is 0 Å². The molecule has 0 saturated heterocycles. The van der Waals surface area contributed by atoms with Crippen molar-refractivity contribution in [1.82, 2.24) is 0 Å². The van der Waals surface area contributed by atoms with E-state index in [1.54, 1.807) is 0 Å². The topological polar surface area (TPSA) is 55.4 Å². The van der Waals surface area contributed by atoms with Gasteiger partial charge in [-0.3, -0.25) is 9.59 Å². The number of ether oxygens (including phenoxy) is 1. The van der Waals surface area contributed by atoms with Crippen LogP contribution < -0.4 is 10.1 Å². The molecule has 1 heterocycles. The summed E-state index contributed by atoms with van der Waals surface area (Å²) in [4.78, 5) is 22.5. The first-order valence-corrected chi connectivity index (χ1v) is 4.77. The molecule has 1 N–H and O–H groups in total. The number of carbonyl (C=O) groups is 2. The van der Waals surface area contributed by atoms with E-state index < -0.39 is 17.5 Å². The van der Waals surface area contributed by atoms with Gasteiger partial charge in [0.25, 0.3) is 11.7 Å². The molecule has 1 aliphatic rings. The Hall–Kier alpha value is -1.43. The fraction of sp³-hybridized carbons (Fsp3) is 0.111. The van der Waals surface area contributed by atoms with Crippen LogP contribution >= 0.6 is 15.9 Å². The van der Waals surface area contributed by atoms with E-state index in [1.165, 1.54) is 7.11 Å². The van der Waals surface area contributed by atoms with Crippen LogP contribution in [0.25, 0.3) is 0 Å². The molecule has 0 atom stereocenters. The molecule has 0 radical (unpaired) electrons. The van der Waals surface area contributed by atoms with Crippen LogP contribution in [0, 0.1) is 5.82 Å². The smallest absolute Gasteiger partial charge is 0.297 e. The van der Waals surface area contributed by atoms with Crippen molar-refractivity contribution in [2.24, 2.45) is 0 Å². The lowest BCUT2D eigenvalue weighted by molar-refractivity contribution is -0.112. The van der Waals surface area contributed by atoms with Crippen LogP contribution in [0.5, 0.6) is 5.75 Å². The van der Waals surface area contributed by atoms with Gasteiger partial charge in [-0.25, -0.2) is 4.39 Å². The maximum atomic E-state index is 13.4. The van der Waals surface area contributed by atoms with Crippen molar-refractivity contribution >= 4 is 33.3 Å². The summed E-state index contributed by atoms with van der Waals surface area (Å²) in [5.41, 5.74) is 0.192. The molecule has 15 heavy (non-hydrogen) atoms. The number of rotatable bonds is 1. The molecule has 1 amide bonds. The van der Waals surface area contributed by atoms with Crippen LogP contribution in [0.4, 0.5) is 10.1 Å². The average Bonchev–Trinajstić information content (AvgIpc) is 2.46. The highest BCUT2D eigenvalue weighted by Gasteiger charge is 2.35. The number of hydrogen-bond acceptors (Lipinski definition) is 3. The molecule has 4 nitrogen and oxygen atoms in total. The molecule has 0 saturated carbocycles. The van der Waals surface area contributed by atoms with Crippen molar-refractivity contribution in [2.45, 2.75) is 0 Å². The predicted octanol–water partition coefficient (Wildman–Crippen LogP) is 1.73. The molecule has 0 unspecified atom stereocenters. The second kappa shape index (κ2) is 3.30. The Morgan fingerprint density at radius 1 is 1.47 bits per heavy atom. The second-order valence-corrected chi connectivity index (χ2v) is 3.76. The van der Waals surface area contributed by atoms with Crippen LogP contribution in [0.1, 0.15) is 10.4 Å². The van der Waals surface area contributed by atoms with Crippen LogP contribution in [0.15, 0.2) is 10.5 Å². The maximum absolute atomic E-state index is 13.4. The first-order valence-electron chi connectivity index (χ1n) is 3.98. The second-order valence-electron chi connectivity index (χ2n) is 2.91. The first kappa shape index (κ1) is 10.1. The zero-order chi connectivity index (χ0) is 11.2. The van der Waals surface area contributed by atoms with Gasteiger partial charge in [-0.1, -0.05) is 0 Å². The van der Waals surface area contributed by atoms with Crippen molar-refractivity contribution in [3.63, 3.8) is 0 Å². The van der Waals surface area contributed by atoms with E-state index in [-0.39, 0.29) is 17.0 Å². The molecule has 1 aromatic rings. The summed E-state index contributed by atoms with van der Waals surface area (Å²) in [5, 5.41) is 2.34. The summed E-state index contributed by atoms with van der Waals surface area (Å²) < 4.78 is 18.4. The molecular weight excluding hydrogens is 269 g/mol. The van der Waals surface area contributed by atoms with Gasteiger partial charge in [0.1, 0.15) is 0 Å². The monoisotopic (exact) mass is 273 g/mol. The van der Waals surface area contributed by atoms with Gasteiger partial charge < -0.3 is 10.1 Å². The summed E-state index contributed by atoms with van der Waals surface area (Å²) >= 11 is 3.05. The van der Waals surface area contributed by atoms with Gasteiger partial charge in [0.15, 0.2) is 11.6 Å². The van der Waals surface area contributed by atoms with Gasteiger partial charge in [0.05, 0.1) is 18.4 Å². The number of anilines is 1. The highest BCUT2D eigenvalue weighted by atomic mass is 79.9. The lowest BCUT2D eigenvalue weighted by atomic mass is 10.1.